The third-order valence-corrected chi connectivity index (χ3v) is 11.8. The number of esters is 3. The fourth-order valence-electron chi connectivity index (χ4n) is 7.65. The first-order valence-electron chi connectivity index (χ1n) is 25.7. The molecule has 0 aliphatic heterocycles. The number of carbonyl (C=O) groups excluding carboxylic acids is 4. The predicted octanol–water partition coefficient (Wildman–Crippen LogP) is 13.1. The fraction of sp³-hybridized carbons (Fsp3) is 0.769. The number of aliphatic hydroxyl groups excluding tert-OH is 1. The first-order valence-corrected chi connectivity index (χ1v) is 25.7. The van der Waals surface area contributed by atoms with E-state index in [1.54, 1.807) is 13.1 Å². The number of amides is 1. The molecule has 374 valence electrons. The topological polar surface area (TPSA) is 151 Å². The van der Waals surface area contributed by atoms with Gasteiger partial charge in [0.15, 0.2) is 29.6 Å². The number of hydrogen-bond acceptors (Lipinski definition) is 8. The molecule has 0 radical (unpaired) electrons. The molecule has 0 unspecified atom stereocenters. The molecule has 2 aromatic heterocycles. The zero-order valence-electron chi connectivity index (χ0n) is 41.1. The Balaban J connectivity index is 0.000000650. The molecule has 11 nitrogen and oxygen atoms in total. The van der Waals surface area contributed by atoms with Crippen LogP contribution in [0.25, 0.3) is 0 Å². The summed E-state index contributed by atoms with van der Waals surface area (Å²) >= 11 is 0. The van der Waals surface area contributed by atoms with Crippen LogP contribution in [-0.2, 0) is 36.6 Å². The van der Waals surface area contributed by atoms with Gasteiger partial charge in [0.05, 0.1) is 13.2 Å². The molecule has 2 aromatic rings. The minimum Gasteiger partial charge on any atom is -0.465 e. The second-order valence-electron chi connectivity index (χ2n) is 17.5. The van der Waals surface area contributed by atoms with Crippen molar-refractivity contribution in [3.05, 3.63) is 46.5 Å². The number of nitrogens with one attached hydrogen (secondary N) is 2. The van der Waals surface area contributed by atoms with Crippen LogP contribution in [0.15, 0.2) is 12.4 Å². The summed E-state index contributed by atoms with van der Waals surface area (Å²) in [7, 11) is 1.40. The Bertz CT molecular complexity index is 1510. The van der Waals surface area contributed by atoms with E-state index in [9.17, 15) is 28.0 Å². The van der Waals surface area contributed by atoms with Gasteiger partial charge in [-0.2, -0.15) is 0 Å². The molecule has 3 N–H and O–H groups in total. The highest BCUT2D eigenvalue weighted by atomic mass is 19.1. The van der Waals surface area contributed by atoms with Crippen LogP contribution >= 0.6 is 0 Å². The summed E-state index contributed by atoms with van der Waals surface area (Å²) in [5.74, 6) is -3.72. The van der Waals surface area contributed by atoms with Crippen molar-refractivity contribution in [3.63, 3.8) is 0 Å². The van der Waals surface area contributed by atoms with Crippen LogP contribution in [0, 0.1) is 11.6 Å². The summed E-state index contributed by atoms with van der Waals surface area (Å²) in [5.41, 5.74) is 0.723. The highest BCUT2D eigenvalue weighted by molar-refractivity contribution is 5.91. The summed E-state index contributed by atoms with van der Waals surface area (Å²) in [6.45, 7) is 6.13. The Morgan fingerprint density at radius 3 is 1.29 bits per heavy atom. The molecule has 0 bridgehead atoms. The number of aromatic amines is 2. The highest BCUT2D eigenvalue weighted by Gasteiger charge is 2.22. The van der Waals surface area contributed by atoms with Crippen molar-refractivity contribution < 1.29 is 47.3 Å². The number of nitrogens with zero attached hydrogens (tertiary/aromatic N) is 1. The van der Waals surface area contributed by atoms with E-state index in [0.29, 0.717) is 30.6 Å². The third-order valence-electron chi connectivity index (χ3n) is 11.8. The van der Waals surface area contributed by atoms with Crippen molar-refractivity contribution in [3.8, 4) is 0 Å². The van der Waals surface area contributed by atoms with E-state index in [1.807, 2.05) is 0 Å². The van der Waals surface area contributed by atoms with E-state index in [0.717, 1.165) is 81.9 Å². The van der Waals surface area contributed by atoms with E-state index in [2.05, 4.69) is 23.8 Å². The Labute approximate surface area is 391 Å². The van der Waals surface area contributed by atoms with Gasteiger partial charge in [-0.3, -0.25) is 9.59 Å². The normalized spacial score (nSPS) is 11.0. The lowest BCUT2D eigenvalue weighted by molar-refractivity contribution is -0.148. The first kappa shape index (κ1) is 59.3. The summed E-state index contributed by atoms with van der Waals surface area (Å²) < 4.78 is 44.0. The van der Waals surface area contributed by atoms with Gasteiger partial charge in [0, 0.05) is 37.2 Å². The zero-order valence-corrected chi connectivity index (χ0v) is 41.1. The lowest BCUT2D eigenvalue weighted by Gasteiger charge is -2.15. The number of likely N-dealkylation sites (N-methyl/N-ethyl adjacent to an activating group) is 1. The van der Waals surface area contributed by atoms with Crippen molar-refractivity contribution in [1.29, 1.82) is 0 Å². The number of unbranched alkanes of at least 4 members (excludes halogenated alkanes) is 26. The number of aliphatic hydroxyl groups is 1. The van der Waals surface area contributed by atoms with Crippen molar-refractivity contribution in [2.24, 2.45) is 0 Å². The van der Waals surface area contributed by atoms with Crippen molar-refractivity contribution in [2.45, 2.75) is 220 Å². The zero-order chi connectivity index (χ0) is 47.8. The number of rotatable bonds is 40. The number of H-pyrrole nitrogens is 2. The van der Waals surface area contributed by atoms with Crippen LogP contribution in [0.1, 0.15) is 239 Å². The van der Waals surface area contributed by atoms with E-state index in [-0.39, 0.29) is 31.1 Å². The average molecular weight is 922 g/mol. The smallest absolute Gasteiger partial charge is 0.358 e. The first-order chi connectivity index (χ1) is 31.6. The molecule has 0 fully saturated rings. The molecular weight excluding hydrogens is 833 g/mol. The largest absolute Gasteiger partial charge is 0.465 e. The molecule has 13 heteroatoms. The van der Waals surface area contributed by atoms with Crippen LogP contribution in [-0.4, -0.2) is 83.8 Å². The minimum absolute atomic E-state index is 0.0351. The van der Waals surface area contributed by atoms with Crippen LogP contribution in [0.3, 0.4) is 0 Å². The Morgan fingerprint density at radius 1 is 0.523 bits per heavy atom. The summed E-state index contributed by atoms with van der Waals surface area (Å²) in [4.78, 5) is 54.1. The van der Waals surface area contributed by atoms with E-state index in [4.69, 9.17) is 19.3 Å². The van der Waals surface area contributed by atoms with Crippen molar-refractivity contribution in [2.75, 3.05) is 40.0 Å². The number of carbonyl (C=O) groups is 4. The second-order valence-corrected chi connectivity index (χ2v) is 17.5. The van der Waals surface area contributed by atoms with Gasteiger partial charge in [0.2, 0.25) is 0 Å². The summed E-state index contributed by atoms with van der Waals surface area (Å²) in [6.07, 6.45) is 38.8. The lowest BCUT2D eigenvalue weighted by atomic mass is 10.0. The molecule has 0 aromatic carbocycles. The molecule has 0 aliphatic carbocycles. The maximum absolute atomic E-state index is 14.5. The summed E-state index contributed by atoms with van der Waals surface area (Å²) in [5, 5.41) is 8.74. The SMILES string of the molecule is CCCCCCCCCCCCCc1c[nH]c(C(=O)OCC(=O)N(C)CC(=O)OCC)c1F.CCCCCCCCCCCCCc1c[nH]c(C(=O)OCCCCCCCCCO)c1F. The van der Waals surface area contributed by atoms with Crippen molar-refractivity contribution >= 4 is 23.8 Å². The number of aryl methyl sites for hydroxylation is 2. The quantitative estimate of drug-likeness (QED) is 0.0340. The second kappa shape index (κ2) is 40.5. The van der Waals surface area contributed by atoms with E-state index in [1.165, 1.54) is 122 Å². The fourth-order valence-corrected chi connectivity index (χ4v) is 7.65. The molecule has 2 heterocycles. The van der Waals surface area contributed by atoms with Crippen LogP contribution in [0.5, 0.6) is 0 Å². The third kappa shape index (κ3) is 29.5. The monoisotopic (exact) mass is 922 g/mol. The summed E-state index contributed by atoms with van der Waals surface area (Å²) in [6, 6.07) is 0. The molecule has 0 saturated carbocycles. The van der Waals surface area contributed by atoms with Gasteiger partial charge in [0.1, 0.15) is 6.54 Å². The minimum atomic E-state index is -0.935. The molecule has 0 aliphatic rings. The highest BCUT2D eigenvalue weighted by Crippen LogP contribution is 2.20. The molecule has 1 amide bonds. The lowest BCUT2D eigenvalue weighted by Crippen LogP contribution is -2.36. The molecule has 0 saturated heterocycles. The standard InChI is InChI=1S/C27H48FNO3.C25H41FN2O5/c1-2-3-4-5-6-7-8-9-11-14-17-20-24-23-29-26(25(24)28)27(31)32-22-19-16-13-10-12-15-18-21-30;1-4-6-7-8-9-10-11-12-13-14-15-16-20-17-27-24(23(20)26)25(31)33-19-21(29)28(3)18-22(30)32-5-2/h23,29-30H,2-22H2,1H3;17,27H,4-16,18-19H2,1-3H3. The molecule has 0 spiro atoms. The van der Waals surface area contributed by atoms with Crippen LogP contribution in [0.4, 0.5) is 8.78 Å². The molecule has 0 atom stereocenters. The van der Waals surface area contributed by atoms with Gasteiger partial charge in [-0.05, 0) is 45.4 Å². The van der Waals surface area contributed by atoms with Crippen molar-refractivity contribution in [1.82, 2.24) is 14.9 Å². The van der Waals surface area contributed by atoms with E-state index < -0.39 is 42.1 Å². The van der Waals surface area contributed by atoms with Gasteiger partial charge >= 0.3 is 17.9 Å². The van der Waals surface area contributed by atoms with Gasteiger partial charge in [-0.15, -0.1) is 0 Å². The van der Waals surface area contributed by atoms with Crippen LogP contribution in [0.2, 0.25) is 0 Å². The molecular formula is C52H89F2N3O8. The van der Waals surface area contributed by atoms with Gasteiger partial charge in [-0.25, -0.2) is 18.4 Å². The average Bonchev–Trinajstić information content (AvgIpc) is 3.86. The Kier molecular flexibility index (Phi) is 37.0. The number of halogens is 2. The molecule has 2 rings (SSSR count). The number of aromatic nitrogens is 2. The Morgan fingerprint density at radius 2 is 0.892 bits per heavy atom. The molecule has 65 heavy (non-hydrogen) atoms. The van der Waals surface area contributed by atoms with Gasteiger partial charge in [0.25, 0.3) is 5.91 Å². The van der Waals surface area contributed by atoms with Gasteiger partial charge < -0.3 is 34.2 Å². The maximum Gasteiger partial charge on any atom is 0.358 e. The van der Waals surface area contributed by atoms with Crippen LogP contribution < -0.4 is 0 Å². The maximum atomic E-state index is 14.5. The van der Waals surface area contributed by atoms with Gasteiger partial charge in [-0.1, -0.05) is 174 Å². The Hall–Kier alpha value is -3.74. The van der Waals surface area contributed by atoms with E-state index >= 15 is 0 Å². The number of hydrogen-bond donors (Lipinski definition) is 3. The number of ether oxygens (including phenoxy) is 3. The predicted molar refractivity (Wildman–Crippen MR) is 256 cm³/mol.